The zero-order valence-electron chi connectivity index (χ0n) is 8.48. The van der Waals surface area contributed by atoms with Crippen LogP contribution in [0.4, 0.5) is 0 Å². The van der Waals surface area contributed by atoms with Gasteiger partial charge in [0, 0.05) is 10.6 Å². The Bertz CT molecular complexity index is 693. The maximum Gasteiger partial charge on any atom is 0.181 e. The Morgan fingerprint density at radius 1 is 1.12 bits per heavy atom. The summed E-state index contributed by atoms with van der Waals surface area (Å²) < 4.78 is 0. The molecule has 0 fully saturated rings. The molecule has 0 unspecified atom stereocenters. The molecule has 3 aromatic rings. The molecule has 4 nitrogen and oxygen atoms in total. The second-order valence-corrected chi connectivity index (χ2v) is 4.30. The average molecular weight is 265 g/mol. The van der Waals surface area contributed by atoms with Crippen LogP contribution in [0.25, 0.3) is 22.6 Å². The maximum atomic E-state index is 6.10. The summed E-state index contributed by atoms with van der Waals surface area (Å²) in [5, 5.41) is 1.10. The highest BCUT2D eigenvalue weighted by Crippen LogP contribution is 2.28. The molecule has 1 aromatic carbocycles. The molecule has 0 radical (unpaired) electrons. The van der Waals surface area contributed by atoms with Gasteiger partial charge in [-0.25, -0.2) is 15.0 Å². The quantitative estimate of drug-likeness (QED) is 0.734. The van der Waals surface area contributed by atoms with Gasteiger partial charge in [0.05, 0.1) is 17.5 Å². The largest absolute Gasteiger partial charge is 0.342 e. The van der Waals surface area contributed by atoms with Gasteiger partial charge in [-0.05, 0) is 18.2 Å². The van der Waals surface area contributed by atoms with E-state index in [-0.39, 0.29) is 0 Å². The molecule has 1 N–H and O–H groups in total. The molecule has 0 aliphatic heterocycles. The van der Waals surface area contributed by atoms with Crippen LogP contribution >= 0.6 is 23.2 Å². The number of halogens is 2. The summed E-state index contributed by atoms with van der Waals surface area (Å²) in [5.41, 5.74) is 2.14. The molecular weight excluding hydrogens is 259 g/mol. The van der Waals surface area contributed by atoms with Gasteiger partial charge >= 0.3 is 0 Å². The highest BCUT2D eigenvalue weighted by molar-refractivity contribution is 6.36. The molecule has 3 rings (SSSR count). The first kappa shape index (κ1) is 10.5. The number of imidazole rings is 1. The van der Waals surface area contributed by atoms with Crippen LogP contribution in [0, 0.1) is 0 Å². The third-order valence-electron chi connectivity index (χ3n) is 2.35. The van der Waals surface area contributed by atoms with Crippen molar-refractivity contribution in [1.29, 1.82) is 0 Å². The van der Waals surface area contributed by atoms with Crippen molar-refractivity contribution in [2.24, 2.45) is 0 Å². The molecule has 0 saturated carbocycles. The molecule has 0 spiro atoms. The van der Waals surface area contributed by atoms with Crippen LogP contribution in [-0.2, 0) is 0 Å². The number of fused-ring (bicyclic) bond motifs is 1. The first-order valence-electron chi connectivity index (χ1n) is 4.85. The van der Waals surface area contributed by atoms with Gasteiger partial charge in [-0.3, -0.25) is 0 Å². The number of benzene rings is 1. The fraction of sp³-hybridized carbons (Fsp3) is 0. The zero-order chi connectivity index (χ0) is 11.8. The molecule has 0 amide bonds. The van der Waals surface area contributed by atoms with Crippen LogP contribution in [-0.4, -0.2) is 19.9 Å². The smallest absolute Gasteiger partial charge is 0.181 e. The van der Waals surface area contributed by atoms with Crippen molar-refractivity contribution in [2.75, 3.05) is 0 Å². The van der Waals surface area contributed by atoms with Gasteiger partial charge in [0.2, 0.25) is 0 Å². The molecule has 17 heavy (non-hydrogen) atoms. The molecule has 6 heteroatoms. The topological polar surface area (TPSA) is 54.5 Å². The summed E-state index contributed by atoms with van der Waals surface area (Å²) in [6, 6.07) is 5.20. The van der Waals surface area contributed by atoms with E-state index in [1.54, 1.807) is 30.7 Å². The van der Waals surface area contributed by atoms with Crippen LogP contribution in [0.5, 0.6) is 0 Å². The van der Waals surface area contributed by atoms with E-state index in [4.69, 9.17) is 23.2 Å². The lowest BCUT2D eigenvalue weighted by Gasteiger charge is -2.02. The van der Waals surface area contributed by atoms with Crippen LogP contribution in [0.2, 0.25) is 10.0 Å². The van der Waals surface area contributed by atoms with Crippen molar-refractivity contribution < 1.29 is 0 Å². The first-order chi connectivity index (χ1) is 8.24. The fourth-order valence-corrected chi connectivity index (χ4v) is 2.03. The minimum atomic E-state index is 0.521. The van der Waals surface area contributed by atoms with Gasteiger partial charge in [-0.15, -0.1) is 0 Å². The predicted molar refractivity (Wildman–Crippen MR) is 67.1 cm³/mol. The lowest BCUT2D eigenvalue weighted by atomic mass is 10.2. The van der Waals surface area contributed by atoms with Gasteiger partial charge in [0.25, 0.3) is 0 Å². The van der Waals surface area contributed by atoms with Crippen molar-refractivity contribution in [3.63, 3.8) is 0 Å². The average Bonchev–Trinajstić information content (AvgIpc) is 2.75. The predicted octanol–water partition coefficient (Wildman–Crippen LogP) is 3.33. The van der Waals surface area contributed by atoms with Gasteiger partial charge < -0.3 is 4.98 Å². The van der Waals surface area contributed by atoms with Crippen molar-refractivity contribution in [3.8, 4) is 11.4 Å². The van der Waals surface area contributed by atoms with Crippen LogP contribution in [0.1, 0.15) is 0 Å². The van der Waals surface area contributed by atoms with E-state index in [0.29, 0.717) is 21.5 Å². The second kappa shape index (κ2) is 3.98. The van der Waals surface area contributed by atoms with E-state index in [2.05, 4.69) is 19.9 Å². The van der Waals surface area contributed by atoms with Crippen LogP contribution in [0.15, 0.2) is 30.7 Å². The number of aromatic nitrogens is 4. The van der Waals surface area contributed by atoms with Crippen LogP contribution in [0.3, 0.4) is 0 Å². The number of aromatic amines is 1. The number of rotatable bonds is 1. The summed E-state index contributed by atoms with van der Waals surface area (Å²) in [5.74, 6) is 0.534. The zero-order valence-corrected chi connectivity index (χ0v) is 10.00. The number of hydrogen-bond acceptors (Lipinski definition) is 3. The summed E-state index contributed by atoms with van der Waals surface area (Å²) in [6.45, 7) is 0. The Hall–Kier alpha value is -1.65. The van der Waals surface area contributed by atoms with Crippen molar-refractivity contribution in [2.45, 2.75) is 0 Å². The van der Waals surface area contributed by atoms with Gasteiger partial charge in [0.15, 0.2) is 11.5 Å². The van der Waals surface area contributed by atoms with E-state index in [9.17, 15) is 0 Å². The van der Waals surface area contributed by atoms with Gasteiger partial charge in [0.1, 0.15) is 5.52 Å². The Morgan fingerprint density at radius 3 is 2.82 bits per heavy atom. The van der Waals surface area contributed by atoms with Gasteiger partial charge in [-0.2, -0.15) is 0 Å². The minimum Gasteiger partial charge on any atom is -0.342 e. The van der Waals surface area contributed by atoms with Gasteiger partial charge in [-0.1, -0.05) is 23.2 Å². The standard InChI is InChI=1S/C11H6Cl2N4/c12-6-1-2-7(8(13)3-6)10-14-4-9-11(17-10)16-5-15-9/h1-5H,(H,14,15,16,17). The van der Waals surface area contributed by atoms with E-state index in [1.807, 2.05) is 0 Å². The fourth-order valence-electron chi connectivity index (χ4n) is 1.54. The molecule has 84 valence electrons. The normalized spacial score (nSPS) is 10.9. The molecule has 2 aromatic heterocycles. The molecule has 0 aliphatic carbocycles. The Morgan fingerprint density at radius 2 is 2.00 bits per heavy atom. The highest BCUT2D eigenvalue weighted by atomic mass is 35.5. The summed E-state index contributed by atoms with van der Waals surface area (Å²) >= 11 is 11.9. The third-order valence-corrected chi connectivity index (χ3v) is 2.90. The summed E-state index contributed by atoms with van der Waals surface area (Å²) in [6.07, 6.45) is 3.25. The molecule has 0 aliphatic rings. The lowest BCUT2D eigenvalue weighted by Crippen LogP contribution is -1.90. The van der Waals surface area contributed by atoms with Crippen molar-refractivity contribution >= 4 is 34.4 Å². The highest BCUT2D eigenvalue weighted by Gasteiger charge is 2.08. The van der Waals surface area contributed by atoms with E-state index < -0.39 is 0 Å². The van der Waals surface area contributed by atoms with Crippen LogP contribution < -0.4 is 0 Å². The lowest BCUT2D eigenvalue weighted by molar-refractivity contribution is 1.21. The Balaban J connectivity index is 2.19. The van der Waals surface area contributed by atoms with Crippen molar-refractivity contribution in [1.82, 2.24) is 19.9 Å². The second-order valence-electron chi connectivity index (χ2n) is 3.46. The number of H-pyrrole nitrogens is 1. The first-order valence-corrected chi connectivity index (χ1v) is 5.61. The van der Waals surface area contributed by atoms with E-state index in [0.717, 1.165) is 11.1 Å². The Labute approximate surface area is 107 Å². The van der Waals surface area contributed by atoms with E-state index in [1.165, 1.54) is 0 Å². The monoisotopic (exact) mass is 264 g/mol. The minimum absolute atomic E-state index is 0.521. The third kappa shape index (κ3) is 1.85. The maximum absolute atomic E-state index is 6.10. The molecule has 0 atom stereocenters. The molecule has 0 bridgehead atoms. The summed E-state index contributed by atoms with van der Waals surface area (Å²) in [7, 11) is 0. The summed E-state index contributed by atoms with van der Waals surface area (Å²) in [4.78, 5) is 15.6. The van der Waals surface area contributed by atoms with E-state index >= 15 is 0 Å². The molecule has 2 heterocycles. The SMILES string of the molecule is Clc1ccc(-c2ncc3[nH]cnc3n2)c(Cl)c1. The Kier molecular flexibility index (Phi) is 2.46. The molecule has 0 saturated heterocycles. The van der Waals surface area contributed by atoms with Crippen molar-refractivity contribution in [3.05, 3.63) is 40.8 Å². The molecular formula is C11H6Cl2N4. The number of nitrogens with zero attached hydrogens (tertiary/aromatic N) is 3. The number of nitrogens with one attached hydrogen (secondary N) is 1. The number of hydrogen-bond donors (Lipinski definition) is 1.